The fourth-order valence-corrected chi connectivity index (χ4v) is 2.52. The van der Waals surface area contributed by atoms with Crippen molar-refractivity contribution >= 4 is 17.3 Å². The van der Waals surface area contributed by atoms with Crippen molar-refractivity contribution in [3.8, 4) is 0 Å². The topological polar surface area (TPSA) is 37.3 Å². The maximum Gasteiger partial charge on any atom is 0.307 e. The van der Waals surface area contributed by atoms with Crippen LogP contribution in [0.15, 0.2) is 47.2 Å². The highest BCUT2D eigenvalue weighted by Gasteiger charge is 2.18. The second kappa shape index (κ2) is 5.64. The zero-order chi connectivity index (χ0) is 12.1. The molecule has 1 aromatic carbocycles. The van der Waals surface area contributed by atoms with Gasteiger partial charge in [0.25, 0.3) is 0 Å². The maximum absolute atomic E-state index is 11.2. The Morgan fingerprint density at radius 1 is 1.12 bits per heavy atom. The Kier molecular flexibility index (Phi) is 3.94. The summed E-state index contributed by atoms with van der Waals surface area (Å²) in [4.78, 5) is 11.2. The monoisotopic (exact) mass is 246 g/mol. The SMILES string of the molecule is O=C(O)C(Cc1ccccc1)Cc1ccsc1. The first-order valence-corrected chi connectivity index (χ1v) is 6.48. The largest absolute Gasteiger partial charge is 0.481 e. The van der Waals surface area contributed by atoms with Gasteiger partial charge in [0.2, 0.25) is 0 Å². The third-order valence-corrected chi connectivity index (χ3v) is 3.47. The van der Waals surface area contributed by atoms with E-state index in [0.29, 0.717) is 12.8 Å². The van der Waals surface area contributed by atoms with Crippen LogP contribution in [-0.2, 0) is 17.6 Å². The lowest BCUT2D eigenvalue weighted by Gasteiger charge is -2.11. The van der Waals surface area contributed by atoms with Crippen molar-refractivity contribution in [1.29, 1.82) is 0 Å². The molecule has 0 saturated carbocycles. The normalized spacial score (nSPS) is 12.2. The summed E-state index contributed by atoms with van der Waals surface area (Å²) in [5.74, 6) is -1.06. The Balaban J connectivity index is 2.06. The van der Waals surface area contributed by atoms with Gasteiger partial charge >= 0.3 is 5.97 Å². The number of carboxylic acids is 1. The zero-order valence-electron chi connectivity index (χ0n) is 9.37. The molecule has 0 aliphatic carbocycles. The number of benzene rings is 1. The number of rotatable bonds is 5. The standard InChI is InChI=1S/C14H14O2S/c15-14(16)13(9-12-6-7-17-10-12)8-11-4-2-1-3-5-11/h1-7,10,13H,8-9H2,(H,15,16). The first kappa shape index (κ1) is 11.9. The van der Waals surface area contributed by atoms with Gasteiger partial charge in [-0.2, -0.15) is 11.3 Å². The van der Waals surface area contributed by atoms with Gasteiger partial charge in [-0.25, -0.2) is 0 Å². The molecule has 0 aliphatic rings. The second-order valence-corrected chi connectivity index (χ2v) is 4.84. The molecular weight excluding hydrogens is 232 g/mol. The van der Waals surface area contributed by atoms with Crippen LogP contribution in [-0.4, -0.2) is 11.1 Å². The minimum Gasteiger partial charge on any atom is -0.481 e. The molecule has 2 aromatic rings. The lowest BCUT2D eigenvalue weighted by atomic mass is 9.94. The van der Waals surface area contributed by atoms with Crippen molar-refractivity contribution in [3.63, 3.8) is 0 Å². The van der Waals surface area contributed by atoms with Crippen LogP contribution in [0, 0.1) is 5.92 Å². The molecule has 1 atom stereocenters. The van der Waals surface area contributed by atoms with Crippen LogP contribution in [0.1, 0.15) is 11.1 Å². The molecule has 0 radical (unpaired) electrons. The number of thiophene rings is 1. The first-order valence-electron chi connectivity index (χ1n) is 5.53. The molecule has 2 nitrogen and oxygen atoms in total. The van der Waals surface area contributed by atoms with Gasteiger partial charge in [0, 0.05) is 0 Å². The molecule has 3 heteroatoms. The maximum atomic E-state index is 11.2. The molecular formula is C14H14O2S. The average molecular weight is 246 g/mol. The van der Waals surface area contributed by atoms with Crippen LogP contribution in [0.25, 0.3) is 0 Å². The predicted molar refractivity (Wildman–Crippen MR) is 69.3 cm³/mol. The molecule has 0 saturated heterocycles. The Labute approximate surface area is 105 Å². The van der Waals surface area contributed by atoms with E-state index in [1.165, 1.54) is 0 Å². The van der Waals surface area contributed by atoms with Crippen molar-refractivity contribution in [3.05, 3.63) is 58.3 Å². The lowest BCUT2D eigenvalue weighted by molar-refractivity contribution is -0.141. The fraction of sp³-hybridized carbons (Fsp3) is 0.214. The van der Waals surface area contributed by atoms with Gasteiger partial charge in [-0.05, 0) is 40.8 Å². The number of carboxylic acid groups (broad SMARTS) is 1. The van der Waals surface area contributed by atoms with E-state index in [1.807, 2.05) is 47.2 Å². The smallest absolute Gasteiger partial charge is 0.307 e. The quantitative estimate of drug-likeness (QED) is 0.879. The fourth-order valence-electron chi connectivity index (χ4n) is 1.84. The van der Waals surface area contributed by atoms with Crippen LogP contribution in [0.2, 0.25) is 0 Å². The molecule has 88 valence electrons. The van der Waals surface area contributed by atoms with Crippen LogP contribution >= 0.6 is 11.3 Å². The Morgan fingerprint density at radius 3 is 2.41 bits per heavy atom. The summed E-state index contributed by atoms with van der Waals surface area (Å²) >= 11 is 1.61. The third-order valence-electron chi connectivity index (χ3n) is 2.74. The van der Waals surface area contributed by atoms with Crippen molar-refractivity contribution in [2.75, 3.05) is 0 Å². The Hall–Kier alpha value is -1.61. The van der Waals surface area contributed by atoms with E-state index in [0.717, 1.165) is 11.1 Å². The summed E-state index contributed by atoms with van der Waals surface area (Å²) in [6.07, 6.45) is 1.19. The minimum absolute atomic E-state index is 0.341. The Bertz CT molecular complexity index is 462. The summed E-state index contributed by atoms with van der Waals surface area (Å²) < 4.78 is 0. The van der Waals surface area contributed by atoms with Crippen molar-refractivity contribution in [2.45, 2.75) is 12.8 Å². The van der Waals surface area contributed by atoms with E-state index in [4.69, 9.17) is 0 Å². The minimum atomic E-state index is -0.722. The van der Waals surface area contributed by atoms with E-state index in [1.54, 1.807) is 11.3 Å². The number of hydrogen-bond donors (Lipinski definition) is 1. The molecule has 1 aromatic heterocycles. The van der Waals surface area contributed by atoms with Gasteiger partial charge in [0.15, 0.2) is 0 Å². The van der Waals surface area contributed by atoms with Crippen molar-refractivity contribution in [1.82, 2.24) is 0 Å². The number of carbonyl (C=O) groups is 1. The molecule has 0 fully saturated rings. The highest BCUT2D eigenvalue weighted by molar-refractivity contribution is 7.07. The summed E-state index contributed by atoms with van der Waals surface area (Å²) in [6.45, 7) is 0. The highest BCUT2D eigenvalue weighted by Crippen LogP contribution is 2.17. The second-order valence-electron chi connectivity index (χ2n) is 4.06. The molecule has 0 bridgehead atoms. The summed E-state index contributed by atoms with van der Waals surface area (Å²) in [7, 11) is 0. The van der Waals surface area contributed by atoms with Gasteiger partial charge in [0.1, 0.15) is 0 Å². The molecule has 0 spiro atoms. The lowest BCUT2D eigenvalue weighted by Crippen LogP contribution is -2.18. The van der Waals surface area contributed by atoms with E-state index in [2.05, 4.69) is 0 Å². The summed E-state index contributed by atoms with van der Waals surface area (Å²) in [5, 5.41) is 13.2. The van der Waals surface area contributed by atoms with E-state index >= 15 is 0 Å². The highest BCUT2D eigenvalue weighted by atomic mass is 32.1. The first-order chi connectivity index (χ1) is 8.25. The molecule has 2 rings (SSSR count). The van der Waals surface area contributed by atoms with Gasteiger partial charge < -0.3 is 5.11 Å². The van der Waals surface area contributed by atoms with Gasteiger partial charge in [-0.1, -0.05) is 30.3 Å². The molecule has 1 heterocycles. The van der Waals surface area contributed by atoms with Gasteiger partial charge in [-0.15, -0.1) is 0 Å². The van der Waals surface area contributed by atoms with Crippen molar-refractivity contribution < 1.29 is 9.90 Å². The van der Waals surface area contributed by atoms with Crippen LogP contribution in [0.4, 0.5) is 0 Å². The third kappa shape index (κ3) is 3.43. The predicted octanol–water partition coefficient (Wildman–Crippen LogP) is 3.23. The van der Waals surface area contributed by atoms with Crippen LogP contribution < -0.4 is 0 Å². The van der Waals surface area contributed by atoms with Gasteiger partial charge in [-0.3, -0.25) is 4.79 Å². The zero-order valence-corrected chi connectivity index (χ0v) is 10.2. The number of hydrogen-bond acceptors (Lipinski definition) is 2. The summed E-state index contributed by atoms with van der Waals surface area (Å²) in [5.41, 5.74) is 2.19. The van der Waals surface area contributed by atoms with Crippen molar-refractivity contribution in [2.24, 2.45) is 5.92 Å². The number of aliphatic carboxylic acids is 1. The molecule has 1 N–H and O–H groups in total. The molecule has 0 amide bonds. The van der Waals surface area contributed by atoms with Gasteiger partial charge in [0.05, 0.1) is 5.92 Å². The van der Waals surface area contributed by atoms with E-state index < -0.39 is 5.97 Å². The molecule has 17 heavy (non-hydrogen) atoms. The molecule has 1 unspecified atom stereocenters. The summed E-state index contributed by atoms with van der Waals surface area (Å²) in [6, 6.07) is 11.8. The molecule has 0 aliphatic heterocycles. The van der Waals surface area contributed by atoms with Crippen LogP contribution in [0.5, 0.6) is 0 Å². The van der Waals surface area contributed by atoms with Crippen LogP contribution in [0.3, 0.4) is 0 Å². The van der Waals surface area contributed by atoms with E-state index in [-0.39, 0.29) is 5.92 Å². The Morgan fingerprint density at radius 2 is 1.82 bits per heavy atom. The average Bonchev–Trinajstić information content (AvgIpc) is 2.82. The van der Waals surface area contributed by atoms with E-state index in [9.17, 15) is 9.90 Å².